The van der Waals surface area contributed by atoms with Gasteiger partial charge in [0.25, 0.3) is 0 Å². The average molecular weight is 274 g/mol. The molecular weight excluding hydrogens is 248 g/mol. The van der Waals surface area contributed by atoms with Crippen LogP contribution in [0.25, 0.3) is 0 Å². The Morgan fingerprint density at radius 2 is 2.25 bits per heavy atom. The standard InChI is InChI=1S/C17H26N2O/c1-2-18-16-9-11-20-13-15(16)12-19-10-5-7-14-6-3-4-8-17(14)19/h3-4,6,8,15-16,18H,2,5,7,9-13H2,1H3. The van der Waals surface area contributed by atoms with Gasteiger partial charge in [-0.25, -0.2) is 0 Å². The first-order chi connectivity index (χ1) is 9.88. The molecule has 1 N–H and O–H groups in total. The van der Waals surface area contributed by atoms with Crippen LogP contribution >= 0.6 is 0 Å². The van der Waals surface area contributed by atoms with E-state index in [-0.39, 0.29) is 0 Å². The Morgan fingerprint density at radius 1 is 1.35 bits per heavy atom. The maximum absolute atomic E-state index is 5.72. The second-order valence-electron chi connectivity index (χ2n) is 5.97. The van der Waals surface area contributed by atoms with Gasteiger partial charge in [0.05, 0.1) is 6.61 Å². The molecule has 3 rings (SSSR count). The zero-order valence-electron chi connectivity index (χ0n) is 12.5. The minimum Gasteiger partial charge on any atom is -0.381 e. The molecule has 0 spiro atoms. The molecule has 2 unspecified atom stereocenters. The van der Waals surface area contributed by atoms with Crippen LogP contribution in [0.15, 0.2) is 24.3 Å². The molecular formula is C17H26N2O. The van der Waals surface area contributed by atoms with E-state index in [0.29, 0.717) is 12.0 Å². The maximum Gasteiger partial charge on any atom is 0.0526 e. The van der Waals surface area contributed by atoms with Crippen molar-refractivity contribution in [2.75, 3.05) is 37.7 Å². The summed E-state index contributed by atoms with van der Waals surface area (Å²) in [5, 5.41) is 3.64. The molecule has 3 nitrogen and oxygen atoms in total. The van der Waals surface area contributed by atoms with Crippen molar-refractivity contribution in [2.45, 2.75) is 32.2 Å². The van der Waals surface area contributed by atoms with Crippen LogP contribution < -0.4 is 10.2 Å². The maximum atomic E-state index is 5.72. The van der Waals surface area contributed by atoms with Gasteiger partial charge in [-0.1, -0.05) is 25.1 Å². The highest BCUT2D eigenvalue weighted by atomic mass is 16.5. The summed E-state index contributed by atoms with van der Waals surface area (Å²) in [6.45, 7) is 7.36. The van der Waals surface area contributed by atoms with Crippen LogP contribution in [0.2, 0.25) is 0 Å². The van der Waals surface area contributed by atoms with Gasteiger partial charge in [0.1, 0.15) is 0 Å². The van der Waals surface area contributed by atoms with Crippen LogP contribution in [0.4, 0.5) is 5.69 Å². The molecule has 1 fully saturated rings. The van der Waals surface area contributed by atoms with Gasteiger partial charge in [-0.2, -0.15) is 0 Å². The molecule has 0 amide bonds. The van der Waals surface area contributed by atoms with Gasteiger partial charge in [0.2, 0.25) is 0 Å². The summed E-state index contributed by atoms with van der Waals surface area (Å²) in [5.41, 5.74) is 2.95. The van der Waals surface area contributed by atoms with E-state index in [1.54, 1.807) is 0 Å². The number of anilines is 1. The van der Waals surface area contributed by atoms with Gasteiger partial charge >= 0.3 is 0 Å². The second-order valence-corrected chi connectivity index (χ2v) is 5.97. The third kappa shape index (κ3) is 2.99. The minimum absolute atomic E-state index is 0.606. The first kappa shape index (κ1) is 13.9. The number of rotatable bonds is 4. The van der Waals surface area contributed by atoms with Crippen molar-refractivity contribution in [1.82, 2.24) is 5.32 Å². The molecule has 2 aliphatic rings. The van der Waals surface area contributed by atoms with Gasteiger partial charge in [0.15, 0.2) is 0 Å². The van der Waals surface area contributed by atoms with Crippen LogP contribution in [0.1, 0.15) is 25.3 Å². The largest absolute Gasteiger partial charge is 0.381 e. The highest BCUT2D eigenvalue weighted by Gasteiger charge is 2.28. The van der Waals surface area contributed by atoms with Crippen molar-refractivity contribution in [3.8, 4) is 0 Å². The van der Waals surface area contributed by atoms with Crippen LogP contribution in [-0.4, -0.2) is 38.9 Å². The van der Waals surface area contributed by atoms with Crippen LogP contribution in [0.5, 0.6) is 0 Å². The Bertz CT molecular complexity index is 433. The molecule has 0 bridgehead atoms. The SMILES string of the molecule is CCNC1CCOCC1CN1CCCc2ccccc21. The summed E-state index contributed by atoms with van der Waals surface area (Å²) in [4.78, 5) is 2.57. The third-order valence-electron chi connectivity index (χ3n) is 4.60. The zero-order valence-corrected chi connectivity index (χ0v) is 12.5. The molecule has 1 saturated heterocycles. The van der Waals surface area contributed by atoms with Crippen molar-refractivity contribution in [3.63, 3.8) is 0 Å². The van der Waals surface area contributed by atoms with E-state index in [1.807, 2.05) is 0 Å². The smallest absolute Gasteiger partial charge is 0.0526 e. The molecule has 0 aliphatic carbocycles. The van der Waals surface area contributed by atoms with Crippen LogP contribution in [0.3, 0.4) is 0 Å². The molecule has 3 heteroatoms. The number of nitrogens with zero attached hydrogens (tertiary/aromatic N) is 1. The fraction of sp³-hybridized carbons (Fsp3) is 0.647. The first-order valence-electron chi connectivity index (χ1n) is 8.02. The van der Waals surface area contributed by atoms with Gasteiger partial charge in [0, 0.05) is 37.3 Å². The number of para-hydroxylation sites is 1. The van der Waals surface area contributed by atoms with E-state index in [2.05, 4.69) is 41.4 Å². The van der Waals surface area contributed by atoms with E-state index in [0.717, 1.165) is 32.7 Å². The average Bonchev–Trinajstić information content (AvgIpc) is 2.50. The number of hydrogen-bond donors (Lipinski definition) is 1. The predicted octanol–water partition coefficient (Wildman–Crippen LogP) is 2.45. The summed E-state index contributed by atoms with van der Waals surface area (Å²) in [7, 11) is 0. The van der Waals surface area contributed by atoms with Gasteiger partial charge in [-0.15, -0.1) is 0 Å². The highest BCUT2D eigenvalue weighted by Crippen LogP contribution is 2.28. The topological polar surface area (TPSA) is 24.5 Å². The van der Waals surface area contributed by atoms with Crippen molar-refractivity contribution >= 4 is 5.69 Å². The van der Waals surface area contributed by atoms with Crippen molar-refractivity contribution in [1.29, 1.82) is 0 Å². The lowest BCUT2D eigenvalue weighted by atomic mass is 9.93. The van der Waals surface area contributed by atoms with E-state index in [4.69, 9.17) is 4.74 Å². The van der Waals surface area contributed by atoms with Crippen LogP contribution in [-0.2, 0) is 11.2 Å². The molecule has 0 saturated carbocycles. The van der Waals surface area contributed by atoms with Gasteiger partial charge in [-0.3, -0.25) is 0 Å². The lowest BCUT2D eigenvalue weighted by molar-refractivity contribution is 0.0350. The van der Waals surface area contributed by atoms with Gasteiger partial charge < -0.3 is 15.0 Å². The fourth-order valence-electron chi connectivity index (χ4n) is 3.59. The number of hydrogen-bond acceptors (Lipinski definition) is 3. The molecule has 2 aliphatic heterocycles. The summed E-state index contributed by atoms with van der Waals surface area (Å²) in [5.74, 6) is 0.606. The minimum atomic E-state index is 0.606. The molecule has 1 aromatic rings. The summed E-state index contributed by atoms with van der Waals surface area (Å²) < 4.78 is 5.72. The lowest BCUT2D eigenvalue weighted by Gasteiger charge is -2.39. The zero-order chi connectivity index (χ0) is 13.8. The van der Waals surface area contributed by atoms with Crippen LogP contribution in [0, 0.1) is 5.92 Å². The van der Waals surface area contributed by atoms with Gasteiger partial charge in [-0.05, 0) is 37.4 Å². The predicted molar refractivity (Wildman–Crippen MR) is 83.4 cm³/mol. The monoisotopic (exact) mass is 274 g/mol. The van der Waals surface area contributed by atoms with Crippen molar-refractivity contribution in [2.24, 2.45) is 5.92 Å². The number of aryl methyl sites for hydroxylation is 1. The molecule has 2 heterocycles. The Kier molecular flexibility index (Phi) is 4.58. The molecule has 1 aromatic carbocycles. The molecule has 2 atom stereocenters. The number of fused-ring (bicyclic) bond motifs is 1. The Morgan fingerprint density at radius 3 is 3.15 bits per heavy atom. The number of ether oxygens (including phenoxy) is 1. The quantitative estimate of drug-likeness (QED) is 0.913. The highest BCUT2D eigenvalue weighted by molar-refractivity contribution is 5.55. The summed E-state index contributed by atoms with van der Waals surface area (Å²) in [6, 6.07) is 9.49. The third-order valence-corrected chi connectivity index (χ3v) is 4.60. The molecule has 110 valence electrons. The van der Waals surface area contributed by atoms with E-state index < -0.39 is 0 Å². The Hall–Kier alpha value is -1.06. The Labute approximate surface area is 122 Å². The summed E-state index contributed by atoms with van der Waals surface area (Å²) in [6.07, 6.45) is 3.65. The lowest BCUT2D eigenvalue weighted by Crippen LogP contribution is -2.48. The Balaban J connectivity index is 1.71. The fourth-order valence-corrected chi connectivity index (χ4v) is 3.59. The first-order valence-corrected chi connectivity index (χ1v) is 8.02. The normalized spacial score (nSPS) is 26.4. The van der Waals surface area contributed by atoms with E-state index >= 15 is 0 Å². The summed E-state index contributed by atoms with van der Waals surface area (Å²) >= 11 is 0. The van der Waals surface area contributed by atoms with Crippen molar-refractivity contribution < 1.29 is 4.74 Å². The molecule has 0 radical (unpaired) electrons. The number of benzene rings is 1. The molecule has 0 aromatic heterocycles. The van der Waals surface area contributed by atoms with Crippen molar-refractivity contribution in [3.05, 3.63) is 29.8 Å². The van der Waals surface area contributed by atoms with E-state index in [9.17, 15) is 0 Å². The second kappa shape index (κ2) is 6.59. The van der Waals surface area contributed by atoms with E-state index in [1.165, 1.54) is 30.6 Å². The molecule has 20 heavy (non-hydrogen) atoms. The number of nitrogens with one attached hydrogen (secondary N) is 1.